The number of carbonyl (C=O) groups excluding carboxylic acids is 1. The number of carboxylic acid groups (broad SMARTS) is 1. The molecule has 1 saturated heterocycles. The summed E-state index contributed by atoms with van der Waals surface area (Å²) in [6.45, 7) is 0.943. The summed E-state index contributed by atoms with van der Waals surface area (Å²) in [5.41, 5.74) is 0.922. The summed E-state index contributed by atoms with van der Waals surface area (Å²) in [6, 6.07) is 3.68. The molecule has 2 heterocycles. The van der Waals surface area contributed by atoms with Crippen molar-refractivity contribution in [1.29, 1.82) is 0 Å². The van der Waals surface area contributed by atoms with E-state index in [2.05, 4.69) is 4.98 Å². The Kier molecular flexibility index (Phi) is 3.76. The van der Waals surface area contributed by atoms with Gasteiger partial charge in [-0.15, -0.1) is 0 Å². The third-order valence-corrected chi connectivity index (χ3v) is 2.75. The monoisotopic (exact) mass is 250 g/mol. The van der Waals surface area contributed by atoms with Crippen molar-refractivity contribution in [2.45, 2.75) is 25.5 Å². The summed E-state index contributed by atoms with van der Waals surface area (Å²) in [4.78, 5) is 27.7. The molecule has 1 unspecified atom stereocenters. The van der Waals surface area contributed by atoms with E-state index in [1.807, 2.05) is 6.07 Å². The Hall–Kier alpha value is -2.11. The van der Waals surface area contributed by atoms with Gasteiger partial charge in [0.1, 0.15) is 6.10 Å². The van der Waals surface area contributed by atoms with Crippen molar-refractivity contribution in [2.24, 2.45) is 0 Å². The molecule has 0 saturated carbocycles. The van der Waals surface area contributed by atoms with E-state index in [0.717, 1.165) is 5.56 Å². The molecule has 0 radical (unpaired) electrons. The number of rotatable bonds is 4. The van der Waals surface area contributed by atoms with E-state index < -0.39 is 18.2 Å². The van der Waals surface area contributed by atoms with Crippen molar-refractivity contribution in [1.82, 2.24) is 9.88 Å². The van der Waals surface area contributed by atoms with Gasteiger partial charge >= 0.3 is 12.1 Å². The van der Waals surface area contributed by atoms with E-state index in [4.69, 9.17) is 9.84 Å². The Morgan fingerprint density at radius 3 is 3.06 bits per heavy atom. The van der Waals surface area contributed by atoms with Crippen molar-refractivity contribution in [3.63, 3.8) is 0 Å². The minimum absolute atomic E-state index is 0.132. The van der Waals surface area contributed by atoms with Gasteiger partial charge in [-0.25, -0.2) is 4.79 Å². The van der Waals surface area contributed by atoms with Gasteiger partial charge in [-0.3, -0.25) is 9.78 Å². The number of pyridine rings is 1. The second kappa shape index (κ2) is 5.48. The molecule has 0 aliphatic carbocycles. The van der Waals surface area contributed by atoms with Crippen molar-refractivity contribution in [3.05, 3.63) is 30.1 Å². The molecule has 2 rings (SSSR count). The second-order valence-corrected chi connectivity index (χ2v) is 4.18. The lowest BCUT2D eigenvalue weighted by atomic mass is 10.1. The van der Waals surface area contributed by atoms with Crippen molar-refractivity contribution in [3.8, 4) is 0 Å². The third kappa shape index (κ3) is 3.19. The zero-order valence-corrected chi connectivity index (χ0v) is 9.78. The van der Waals surface area contributed by atoms with Crippen molar-refractivity contribution in [2.75, 3.05) is 6.54 Å². The van der Waals surface area contributed by atoms with Gasteiger partial charge in [-0.05, 0) is 11.6 Å². The number of nitrogens with zero attached hydrogens (tertiary/aromatic N) is 2. The molecule has 0 aromatic carbocycles. The number of aromatic nitrogens is 1. The lowest BCUT2D eigenvalue weighted by Gasteiger charge is -2.31. The highest BCUT2D eigenvalue weighted by Gasteiger charge is 2.28. The first-order chi connectivity index (χ1) is 8.65. The van der Waals surface area contributed by atoms with Gasteiger partial charge in [0.05, 0.1) is 13.0 Å². The maximum Gasteiger partial charge on any atom is 0.410 e. The number of carboxylic acids is 1. The Labute approximate surface area is 104 Å². The molecule has 0 bridgehead atoms. The Balaban J connectivity index is 1.90. The van der Waals surface area contributed by atoms with E-state index in [-0.39, 0.29) is 6.42 Å². The number of hydrogen-bond acceptors (Lipinski definition) is 4. The highest BCUT2D eigenvalue weighted by molar-refractivity contribution is 5.71. The maximum absolute atomic E-state index is 11.7. The summed E-state index contributed by atoms with van der Waals surface area (Å²) in [5.74, 6) is -0.950. The van der Waals surface area contributed by atoms with Gasteiger partial charge in [-0.1, -0.05) is 6.07 Å². The lowest BCUT2D eigenvalue weighted by molar-refractivity contribution is -0.139. The summed E-state index contributed by atoms with van der Waals surface area (Å²) in [7, 11) is 0. The summed E-state index contributed by atoms with van der Waals surface area (Å²) in [5, 5.41) is 8.64. The molecule has 6 nitrogen and oxygen atoms in total. The lowest BCUT2D eigenvalue weighted by Crippen LogP contribution is -2.42. The average Bonchev–Trinajstić information content (AvgIpc) is 2.33. The standard InChI is InChI=1S/C12H14N2O4/c15-11(16)6-10-3-5-14(12(17)18-10)8-9-2-1-4-13-7-9/h1-2,4,7,10H,3,5-6,8H2,(H,15,16). The van der Waals surface area contributed by atoms with E-state index in [1.54, 1.807) is 23.4 Å². The van der Waals surface area contributed by atoms with Crippen LogP contribution in [-0.4, -0.2) is 39.7 Å². The van der Waals surface area contributed by atoms with Crippen LogP contribution in [0.3, 0.4) is 0 Å². The predicted molar refractivity (Wildman–Crippen MR) is 61.8 cm³/mol. The van der Waals surface area contributed by atoms with Gasteiger partial charge in [0.15, 0.2) is 0 Å². The Bertz CT molecular complexity index is 435. The van der Waals surface area contributed by atoms with E-state index in [1.165, 1.54) is 0 Å². The Morgan fingerprint density at radius 1 is 1.61 bits per heavy atom. The second-order valence-electron chi connectivity index (χ2n) is 4.18. The Morgan fingerprint density at radius 2 is 2.44 bits per heavy atom. The normalized spacial score (nSPS) is 19.4. The summed E-state index contributed by atoms with van der Waals surface area (Å²) < 4.78 is 5.07. The molecule has 6 heteroatoms. The summed E-state index contributed by atoms with van der Waals surface area (Å²) >= 11 is 0. The third-order valence-electron chi connectivity index (χ3n) is 2.75. The van der Waals surface area contributed by atoms with Crippen LogP contribution in [-0.2, 0) is 16.1 Å². The molecule has 1 aliphatic rings. The number of hydrogen-bond donors (Lipinski definition) is 1. The fourth-order valence-corrected chi connectivity index (χ4v) is 1.86. The molecule has 0 spiro atoms. The van der Waals surface area contributed by atoms with Crippen molar-refractivity contribution >= 4 is 12.1 Å². The van der Waals surface area contributed by atoms with Crippen LogP contribution in [0.2, 0.25) is 0 Å². The molecule has 1 aromatic heterocycles. The molecular weight excluding hydrogens is 236 g/mol. The van der Waals surface area contributed by atoms with Crippen LogP contribution in [0, 0.1) is 0 Å². The number of cyclic esters (lactones) is 1. The number of aliphatic carboxylic acids is 1. The number of carbonyl (C=O) groups is 2. The zero-order valence-electron chi connectivity index (χ0n) is 9.78. The number of ether oxygens (including phenoxy) is 1. The van der Waals surface area contributed by atoms with E-state index >= 15 is 0 Å². The largest absolute Gasteiger partial charge is 0.481 e. The zero-order chi connectivity index (χ0) is 13.0. The first-order valence-corrected chi connectivity index (χ1v) is 5.71. The summed E-state index contributed by atoms with van der Waals surface area (Å²) in [6.07, 6.45) is 2.79. The van der Waals surface area contributed by atoms with Gasteiger partial charge in [-0.2, -0.15) is 0 Å². The van der Waals surface area contributed by atoms with E-state index in [9.17, 15) is 9.59 Å². The minimum Gasteiger partial charge on any atom is -0.481 e. The predicted octanol–water partition coefficient (Wildman–Crippen LogP) is 1.27. The van der Waals surface area contributed by atoms with Crippen LogP contribution < -0.4 is 0 Å². The quantitative estimate of drug-likeness (QED) is 0.870. The average molecular weight is 250 g/mol. The number of amides is 1. The van der Waals surface area contributed by atoms with Crippen LogP contribution in [0.15, 0.2) is 24.5 Å². The highest BCUT2D eigenvalue weighted by Crippen LogP contribution is 2.17. The SMILES string of the molecule is O=C(O)CC1CCN(Cc2cccnc2)C(=O)O1. The first kappa shape index (κ1) is 12.3. The minimum atomic E-state index is -0.950. The van der Waals surface area contributed by atoms with Gasteiger partial charge in [0.25, 0.3) is 0 Å². The fraction of sp³-hybridized carbons (Fsp3) is 0.417. The van der Waals surface area contributed by atoms with Crippen LogP contribution >= 0.6 is 0 Å². The van der Waals surface area contributed by atoms with Gasteiger partial charge < -0.3 is 14.7 Å². The maximum atomic E-state index is 11.7. The molecule has 1 aliphatic heterocycles. The topological polar surface area (TPSA) is 79.7 Å². The van der Waals surface area contributed by atoms with E-state index in [0.29, 0.717) is 19.5 Å². The molecular formula is C12H14N2O4. The highest BCUT2D eigenvalue weighted by atomic mass is 16.6. The van der Waals surface area contributed by atoms with Crippen LogP contribution in [0.4, 0.5) is 4.79 Å². The van der Waals surface area contributed by atoms with Gasteiger partial charge in [0.2, 0.25) is 0 Å². The van der Waals surface area contributed by atoms with Crippen molar-refractivity contribution < 1.29 is 19.4 Å². The van der Waals surface area contributed by atoms with Crippen LogP contribution in [0.5, 0.6) is 0 Å². The molecule has 1 N–H and O–H groups in total. The molecule has 1 aromatic rings. The molecule has 1 atom stereocenters. The molecule has 96 valence electrons. The fourth-order valence-electron chi connectivity index (χ4n) is 1.86. The molecule has 1 amide bonds. The molecule has 18 heavy (non-hydrogen) atoms. The van der Waals surface area contributed by atoms with Crippen LogP contribution in [0.25, 0.3) is 0 Å². The van der Waals surface area contributed by atoms with Gasteiger partial charge in [0, 0.05) is 25.4 Å². The smallest absolute Gasteiger partial charge is 0.410 e. The molecule has 1 fully saturated rings. The first-order valence-electron chi connectivity index (χ1n) is 5.71. The van der Waals surface area contributed by atoms with Crippen LogP contribution in [0.1, 0.15) is 18.4 Å².